The Bertz CT molecular complexity index is 354. The van der Waals surface area contributed by atoms with E-state index in [0.29, 0.717) is 17.7 Å². The average Bonchev–Trinajstić information content (AvgIpc) is 2.32. The Morgan fingerprint density at radius 1 is 1.35 bits per heavy atom. The van der Waals surface area contributed by atoms with E-state index in [1.54, 1.807) is 6.07 Å². The van der Waals surface area contributed by atoms with E-state index >= 15 is 0 Å². The molecule has 0 bridgehead atoms. The smallest absolute Gasteiger partial charge is 0.168 e. The molecule has 0 aliphatic carbocycles. The number of hydrogen-bond donors (Lipinski definition) is 1. The molecule has 1 aromatic rings. The van der Waals surface area contributed by atoms with Crippen LogP contribution in [0.5, 0.6) is 5.75 Å². The number of halogens is 1. The van der Waals surface area contributed by atoms with Crippen LogP contribution in [-0.4, -0.2) is 19.7 Å². The first-order valence-corrected chi connectivity index (χ1v) is 6.14. The van der Waals surface area contributed by atoms with Crippen LogP contribution in [0.3, 0.4) is 0 Å². The summed E-state index contributed by atoms with van der Waals surface area (Å²) in [4.78, 5) is 0. The lowest BCUT2D eigenvalue weighted by Gasteiger charge is -2.21. The van der Waals surface area contributed by atoms with Gasteiger partial charge < -0.3 is 10.1 Å². The first-order chi connectivity index (χ1) is 8.10. The minimum absolute atomic E-state index is 0.231. The highest BCUT2D eigenvalue weighted by Gasteiger charge is 2.15. The number of nitrogens with one attached hydrogen (secondary N) is 1. The fourth-order valence-electron chi connectivity index (χ4n) is 1.92. The average molecular weight is 239 g/mol. The van der Waals surface area contributed by atoms with Crippen molar-refractivity contribution in [2.24, 2.45) is 5.92 Å². The molecule has 1 rings (SSSR count). The fourth-order valence-corrected chi connectivity index (χ4v) is 1.92. The van der Waals surface area contributed by atoms with Crippen LogP contribution >= 0.6 is 0 Å². The molecule has 96 valence electrons. The molecule has 1 aromatic carbocycles. The van der Waals surface area contributed by atoms with Gasteiger partial charge in [-0.2, -0.15) is 0 Å². The van der Waals surface area contributed by atoms with Gasteiger partial charge in [-0.05, 0) is 37.4 Å². The first-order valence-electron chi connectivity index (χ1n) is 6.14. The molecule has 0 aromatic heterocycles. The Morgan fingerprint density at radius 2 is 2.06 bits per heavy atom. The summed E-state index contributed by atoms with van der Waals surface area (Å²) in [6.07, 6.45) is 0.719. The van der Waals surface area contributed by atoms with E-state index in [-0.39, 0.29) is 5.82 Å². The molecule has 0 saturated heterocycles. The summed E-state index contributed by atoms with van der Waals surface area (Å²) in [5.74, 6) is 0.480. The van der Waals surface area contributed by atoms with E-state index in [9.17, 15) is 4.39 Å². The highest BCUT2D eigenvalue weighted by atomic mass is 19.1. The molecule has 2 unspecified atom stereocenters. The van der Waals surface area contributed by atoms with Crippen molar-refractivity contribution in [2.75, 3.05) is 13.7 Å². The molecule has 17 heavy (non-hydrogen) atoms. The third kappa shape index (κ3) is 3.70. The number of ether oxygens (including phenoxy) is 1. The molecule has 0 radical (unpaired) electrons. The topological polar surface area (TPSA) is 21.3 Å². The third-order valence-corrected chi connectivity index (χ3v) is 3.18. The predicted molar refractivity (Wildman–Crippen MR) is 69.0 cm³/mol. The van der Waals surface area contributed by atoms with Gasteiger partial charge in [0, 0.05) is 6.04 Å². The zero-order valence-electron chi connectivity index (χ0n) is 11.1. The van der Waals surface area contributed by atoms with Gasteiger partial charge in [-0.1, -0.05) is 26.0 Å². The minimum Gasteiger partial charge on any atom is -0.494 e. The maximum absolute atomic E-state index is 13.9. The third-order valence-electron chi connectivity index (χ3n) is 3.18. The summed E-state index contributed by atoms with van der Waals surface area (Å²) >= 11 is 0. The van der Waals surface area contributed by atoms with E-state index in [4.69, 9.17) is 4.74 Å². The number of methoxy groups -OCH3 is 1. The van der Waals surface area contributed by atoms with E-state index in [2.05, 4.69) is 26.1 Å². The second-order valence-corrected chi connectivity index (χ2v) is 4.46. The lowest BCUT2D eigenvalue weighted by atomic mass is 9.94. The second-order valence-electron chi connectivity index (χ2n) is 4.46. The quantitative estimate of drug-likeness (QED) is 0.824. The monoisotopic (exact) mass is 239 g/mol. The Hall–Kier alpha value is -1.09. The number of hydrogen-bond acceptors (Lipinski definition) is 2. The van der Waals surface area contributed by atoms with Gasteiger partial charge in [0.15, 0.2) is 11.6 Å². The van der Waals surface area contributed by atoms with Gasteiger partial charge >= 0.3 is 0 Å². The molecule has 0 fully saturated rings. The lowest BCUT2D eigenvalue weighted by Crippen LogP contribution is -2.33. The summed E-state index contributed by atoms with van der Waals surface area (Å²) in [6, 6.07) is 5.69. The number of rotatable bonds is 6. The van der Waals surface area contributed by atoms with Gasteiger partial charge in [-0.15, -0.1) is 0 Å². The molecule has 0 amide bonds. The Kier molecular flexibility index (Phi) is 5.42. The molecule has 0 aliphatic rings. The maximum Gasteiger partial charge on any atom is 0.168 e. The molecule has 3 heteroatoms. The van der Waals surface area contributed by atoms with E-state index < -0.39 is 0 Å². The van der Waals surface area contributed by atoms with Crippen molar-refractivity contribution in [1.29, 1.82) is 0 Å². The highest BCUT2D eigenvalue weighted by molar-refractivity contribution is 5.31. The largest absolute Gasteiger partial charge is 0.494 e. The van der Waals surface area contributed by atoms with Crippen molar-refractivity contribution in [3.05, 3.63) is 29.6 Å². The lowest BCUT2D eigenvalue weighted by molar-refractivity contribution is 0.374. The molecule has 0 aliphatic heterocycles. The summed E-state index contributed by atoms with van der Waals surface area (Å²) in [5, 5.41) is 3.36. The van der Waals surface area contributed by atoms with Crippen molar-refractivity contribution in [3.63, 3.8) is 0 Å². The van der Waals surface area contributed by atoms with Crippen LogP contribution in [0, 0.1) is 11.7 Å². The van der Waals surface area contributed by atoms with Crippen molar-refractivity contribution in [1.82, 2.24) is 5.32 Å². The summed E-state index contributed by atoms with van der Waals surface area (Å²) in [5.41, 5.74) is 0.724. The molecule has 0 saturated carbocycles. The maximum atomic E-state index is 13.9. The first kappa shape index (κ1) is 14.0. The van der Waals surface area contributed by atoms with Crippen LogP contribution < -0.4 is 10.1 Å². The number of benzene rings is 1. The Balaban J connectivity index is 2.74. The molecule has 0 heterocycles. The van der Waals surface area contributed by atoms with Crippen molar-refractivity contribution in [3.8, 4) is 5.75 Å². The summed E-state index contributed by atoms with van der Waals surface area (Å²) < 4.78 is 18.9. The SMILES string of the molecule is CCNC(C)C(C)Cc1cccc(OC)c1F. The van der Waals surface area contributed by atoms with Crippen LogP contribution in [0.25, 0.3) is 0 Å². The Morgan fingerprint density at radius 3 is 2.65 bits per heavy atom. The van der Waals surface area contributed by atoms with Gasteiger partial charge in [0.05, 0.1) is 7.11 Å². The molecule has 1 N–H and O–H groups in total. The van der Waals surface area contributed by atoms with Gasteiger partial charge in [-0.3, -0.25) is 0 Å². The predicted octanol–water partition coefficient (Wildman–Crippen LogP) is 3.01. The van der Waals surface area contributed by atoms with E-state index in [0.717, 1.165) is 18.5 Å². The van der Waals surface area contributed by atoms with Crippen molar-refractivity contribution < 1.29 is 9.13 Å². The zero-order valence-corrected chi connectivity index (χ0v) is 11.1. The summed E-state index contributed by atoms with van der Waals surface area (Å²) in [6.45, 7) is 7.28. The van der Waals surface area contributed by atoms with Crippen LogP contribution in [0.4, 0.5) is 4.39 Å². The standard InChI is InChI=1S/C14H22FNO/c1-5-16-11(3)10(2)9-12-7-6-8-13(17-4)14(12)15/h6-8,10-11,16H,5,9H2,1-4H3. The van der Waals surface area contributed by atoms with Crippen LogP contribution in [-0.2, 0) is 6.42 Å². The normalized spacial score (nSPS) is 14.4. The van der Waals surface area contributed by atoms with Crippen LogP contribution in [0.15, 0.2) is 18.2 Å². The zero-order chi connectivity index (χ0) is 12.8. The van der Waals surface area contributed by atoms with Gasteiger partial charge in [0.2, 0.25) is 0 Å². The molecule has 0 spiro atoms. The van der Waals surface area contributed by atoms with Crippen molar-refractivity contribution >= 4 is 0 Å². The summed E-state index contributed by atoms with van der Waals surface area (Å²) in [7, 11) is 1.49. The fraction of sp³-hybridized carbons (Fsp3) is 0.571. The molecule has 2 atom stereocenters. The Labute approximate surface area is 103 Å². The van der Waals surface area contributed by atoms with Crippen LogP contribution in [0.2, 0.25) is 0 Å². The molecular weight excluding hydrogens is 217 g/mol. The molecule has 2 nitrogen and oxygen atoms in total. The van der Waals surface area contributed by atoms with Gasteiger partial charge in [0.25, 0.3) is 0 Å². The molecular formula is C14H22FNO. The van der Waals surface area contributed by atoms with Gasteiger partial charge in [0.1, 0.15) is 0 Å². The highest BCUT2D eigenvalue weighted by Crippen LogP contribution is 2.23. The minimum atomic E-state index is -0.231. The van der Waals surface area contributed by atoms with Crippen molar-refractivity contribution in [2.45, 2.75) is 33.2 Å². The van der Waals surface area contributed by atoms with Gasteiger partial charge in [-0.25, -0.2) is 4.39 Å². The van der Waals surface area contributed by atoms with E-state index in [1.807, 2.05) is 12.1 Å². The van der Waals surface area contributed by atoms with E-state index in [1.165, 1.54) is 7.11 Å². The van der Waals surface area contributed by atoms with Crippen LogP contribution in [0.1, 0.15) is 26.3 Å². The second kappa shape index (κ2) is 6.60.